The summed E-state index contributed by atoms with van der Waals surface area (Å²) in [5, 5.41) is 3.40. The molecule has 1 aromatic carbocycles. The van der Waals surface area contributed by atoms with Gasteiger partial charge in [0.1, 0.15) is 18.0 Å². The van der Waals surface area contributed by atoms with Gasteiger partial charge in [0.05, 0.1) is 17.9 Å². The fraction of sp³-hybridized carbons (Fsp3) is 0.560. The molecule has 1 aromatic heterocycles. The van der Waals surface area contributed by atoms with Crippen molar-refractivity contribution in [3.05, 3.63) is 41.2 Å². The van der Waals surface area contributed by atoms with Gasteiger partial charge in [-0.25, -0.2) is 18.7 Å². The molecular formula is C25H33F2N5O3. The second-order valence-electron chi connectivity index (χ2n) is 9.35. The standard InChI is InChI=1S/C25H33F2N5O3/c1-15(2)28-23-24(30-20-9-12-32(14-21(20)29-23)25(33)16(3)34-4)31-10-7-18(8-11-31)35-22-6-5-17(26)13-19(22)27/h5-6,13,15-16,18H,7-12,14H2,1-4H3,(H,28,29). The third-order valence-electron chi connectivity index (χ3n) is 6.36. The first-order chi connectivity index (χ1) is 16.7. The van der Waals surface area contributed by atoms with Crippen molar-refractivity contribution in [2.45, 2.75) is 64.8 Å². The maximum absolute atomic E-state index is 14.0. The van der Waals surface area contributed by atoms with Crippen LogP contribution in [0.4, 0.5) is 20.4 Å². The number of ether oxygens (including phenoxy) is 2. The molecule has 0 saturated carbocycles. The molecule has 1 atom stereocenters. The van der Waals surface area contributed by atoms with E-state index < -0.39 is 17.7 Å². The molecule has 35 heavy (non-hydrogen) atoms. The highest BCUT2D eigenvalue weighted by atomic mass is 19.1. The number of halogens is 2. The Hall–Kier alpha value is -3.01. The summed E-state index contributed by atoms with van der Waals surface area (Å²) in [4.78, 5) is 26.4. The molecular weight excluding hydrogens is 456 g/mol. The lowest BCUT2D eigenvalue weighted by molar-refractivity contribution is -0.142. The highest BCUT2D eigenvalue weighted by Crippen LogP contribution is 2.31. The molecule has 10 heteroatoms. The SMILES string of the molecule is COC(C)C(=O)N1CCc2nc(N3CCC(Oc4ccc(F)cc4F)CC3)c(NC(C)C)nc2C1. The van der Waals surface area contributed by atoms with Gasteiger partial charge in [-0.15, -0.1) is 0 Å². The lowest BCUT2D eigenvalue weighted by atomic mass is 10.1. The van der Waals surface area contributed by atoms with Crippen molar-refractivity contribution in [1.29, 1.82) is 0 Å². The number of rotatable bonds is 7. The Labute approximate surface area is 204 Å². The first-order valence-electron chi connectivity index (χ1n) is 12.1. The van der Waals surface area contributed by atoms with E-state index in [1.165, 1.54) is 19.2 Å². The maximum Gasteiger partial charge on any atom is 0.251 e. The number of carbonyl (C=O) groups excluding carboxylic acids is 1. The van der Waals surface area contributed by atoms with Crippen LogP contribution in [0.2, 0.25) is 0 Å². The number of aromatic nitrogens is 2. The van der Waals surface area contributed by atoms with E-state index in [1.54, 1.807) is 11.8 Å². The van der Waals surface area contributed by atoms with Gasteiger partial charge in [0, 0.05) is 58.1 Å². The second-order valence-corrected chi connectivity index (χ2v) is 9.35. The van der Waals surface area contributed by atoms with Gasteiger partial charge in [-0.3, -0.25) is 4.79 Å². The molecule has 0 radical (unpaired) electrons. The number of amides is 1. The van der Waals surface area contributed by atoms with Gasteiger partial charge >= 0.3 is 0 Å². The Morgan fingerprint density at radius 3 is 2.51 bits per heavy atom. The van der Waals surface area contributed by atoms with E-state index in [0.29, 0.717) is 51.3 Å². The van der Waals surface area contributed by atoms with Crippen LogP contribution in [-0.2, 0) is 22.5 Å². The van der Waals surface area contributed by atoms with Gasteiger partial charge in [0.2, 0.25) is 0 Å². The van der Waals surface area contributed by atoms with E-state index in [0.717, 1.165) is 23.3 Å². The molecule has 2 aliphatic rings. The summed E-state index contributed by atoms with van der Waals surface area (Å²) in [5.41, 5.74) is 1.69. The van der Waals surface area contributed by atoms with Crippen molar-refractivity contribution >= 4 is 17.5 Å². The number of anilines is 2. The highest BCUT2D eigenvalue weighted by molar-refractivity contribution is 5.80. The molecule has 8 nitrogen and oxygen atoms in total. The number of piperidine rings is 1. The first kappa shape index (κ1) is 25.1. The smallest absolute Gasteiger partial charge is 0.251 e. The topological polar surface area (TPSA) is 79.8 Å². The number of hydrogen-bond acceptors (Lipinski definition) is 7. The Kier molecular flexibility index (Phi) is 7.69. The zero-order valence-electron chi connectivity index (χ0n) is 20.7. The predicted octanol–water partition coefficient (Wildman–Crippen LogP) is 3.54. The normalized spacial score (nSPS) is 17.3. The summed E-state index contributed by atoms with van der Waals surface area (Å²) < 4.78 is 38.2. The largest absolute Gasteiger partial charge is 0.487 e. The molecule has 0 spiro atoms. The van der Waals surface area contributed by atoms with Crippen LogP contribution in [0.15, 0.2) is 18.2 Å². The zero-order valence-corrected chi connectivity index (χ0v) is 20.7. The van der Waals surface area contributed by atoms with Crippen LogP contribution >= 0.6 is 0 Å². The fourth-order valence-corrected chi connectivity index (χ4v) is 4.39. The minimum Gasteiger partial charge on any atom is -0.487 e. The average molecular weight is 490 g/mol. The number of nitrogens with zero attached hydrogens (tertiary/aromatic N) is 4. The van der Waals surface area contributed by atoms with Gasteiger partial charge in [-0.1, -0.05) is 0 Å². The molecule has 190 valence electrons. The molecule has 1 unspecified atom stereocenters. The Bertz CT molecular complexity index is 1060. The Morgan fingerprint density at radius 2 is 1.86 bits per heavy atom. The molecule has 1 amide bonds. The summed E-state index contributed by atoms with van der Waals surface area (Å²) in [5.74, 6) is 0.181. The zero-order chi connectivity index (χ0) is 25.1. The van der Waals surface area contributed by atoms with Crippen LogP contribution in [0.1, 0.15) is 45.0 Å². The molecule has 2 aromatic rings. The minimum atomic E-state index is -0.691. The van der Waals surface area contributed by atoms with Crippen molar-refractivity contribution in [2.75, 3.05) is 37.0 Å². The summed E-state index contributed by atoms with van der Waals surface area (Å²) in [6.07, 6.45) is 1.31. The molecule has 3 heterocycles. The minimum absolute atomic E-state index is 0.0536. The van der Waals surface area contributed by atoms with Gasteiger partial charge in [-0.05, 0) is 32.9 Å². The second kappa shape index (κ2) is 10.7. The third kappa shape index (κ3) is 5.80. The number of nitrogens with one attached hydrogen (secondary N) is 1. The number of methoxy groups -OCH3 is 1. The summed E-state index contributed by atoms with van der Waals surface area (Å²) >= 11 is 0. The van der Waals surface area contributed by atoms with Crippen molar-refractivity contribution in [3.8, 4) is 5.75 Å². The molecule has 1 saturated heterocycles. The number of carbonyl (C=O) groups is 1. The number of benzene rings is 1. The molecule has 1 N–H and O–H groups in total. The Morgan fingerprint density at radius 1 is 1.11 bits per heavy atom. The van der Waals surface area contributed by atoms with Gasteiger partial charge in [-0.2, -0.15) is 0 Å². The van der Waals surface area contributed by atoms with Crippen LogP contribution < -0.4 is 15.0 Å². The lowest BCUT2D eigenvalue weighted by Crippen LogP contribution is -2.43. The van der Waals surface area contributed by atoms with E-state index in [1.807, 2.05) is 13.8 Å². The maximum atomic E-state index is 14.0. The summed E-state index contributed by atoms with van der Waals surface area (Å²) in [6.45, 7) is 8.14. The van der Waals surface area contributed by atoms with E-state index in [4.69, 9.17) is 19.4 Å². The van der Waals surface area contributed by atoms with Crippen molar-refractivity contribution in [1.82, 2.24) is 14.9 Å². The molecule has 1 fully saturated rings. The van der Waals surface area contributed by atoms with Crippen LogP contribution in [0, 0.1) is 11.6 Å². The summed E-state index contributed by atoms with van der Waals surface area (Å²) in [6, 6.07) is 3.52. The Balaban J connectivity index is 1.48. The fourth-order valence-electron chi connectivity index (χ4n) is 4.39. The highest BCUT2D eigenvalue weighted by Gasteiger charge is 2.30. The number of fused-ring (bicyclic) bond motifs is 1. The van der Waals surface area contributed by atoms with E-state index in [-0.39, 0.29) is 23.8 Å². The number of hydrogen-bond donors (Lipinski definition) is 1. The molecule has 0 bridgehead atoms. The van der Waals surface area contributed by atoms with E-state index in [2.05, 4.69) is 10.2 Å². The van der Waals surface area contributed by atoms with Gasteiger partial charge < -0.3 is 24.6 Å². The monoisotopic (exact) mass is 489 g/mol. The van der Waals surface area contributed by atoms with Crippen LogP contribution in [0.3, 0.4) is 0 Å². The van der Waals surface area contributed by atoms with Gasteiger partial charge in [0.15, 0.2) is 23.2 Å². The van der Waals surface area contributed by atoms with Crippen molar-refractivity contribution in [3.63, 3.8) is 0 Å². The van der Waals surface area contributed by atoms with Crippen molar-refractivity contribution < 1.29 is 23.0 Å². The quantitative estimate of drug-likeness (QED) is 0.637. The molecule has 2 aliphatic heterocycles. The predicted molar refractivity (Wildman–Crippen MR) is 129 cm³/mol. The van der Waals surface area contributed by atoms with Crippen LogP contribution in [-0.4, -0.2) is 65.8 Å². The van der Waals surface area contributed by atoms with E-state index in [9.17, 15) is 13.6 Å². The van der Waals surface area contributed by atoms with Crippen molar-refractivity contribution in [2.24, 2.45) is 0 Å². The lowest BCUT2D eigenvalue weighted by Gasteiger charge is -2.35. The summed E-state index contributed by atoms with van der Waals surface area (Å²) in [7, 11) is 1.53. The molecule has 0 aliphatic carbocycles. The third-order valence-corrected chi connectivity index (χ3v) is 6.36. The van der Waals surface area contributed by atoms with Crippen LogP contribution in [0.25, 0.3) is 0 Å². The van der Waals surface area contributed by atoms with E-state index >= 15 is 0 Å². The first-order valence-corrected chi connectivity index (χ1v) is 12.1. The van der Waals surface area contributed by atoms with Crippen LogP contribution in [0.5, 0.6) is 5.75 Å². The average Bonchev–Trinajstić information content (AvgIpc) is 2.84. The van der Waals surface area contributed by atoms with Gasteiger partial charge in [0.25, 0.3) is 5.91 Å². The molecule has 4 rings (SSSR count).